The predicted octanol–water partition coefficient (Wildman–Crippen LogP) is 2.35. The Morgan fingerprint density at radius 1 is 1.42 bits per heavy atom. The van der Waals surface area contributed by atoms with Crippen LogP contribution in [0, 0.1) is 0 Å². The third-order valence-electron chi connectivity index (χ3n) is 2.52. The number of hydrogen-bond acceptors (Lipinski definition) is 4. The molecule has 0 atom stereocenters. The topological polar surface area (TPSA) is 80.7 Å². The highest BCUT2D eigenvalue weighted by atomic mass is 79.9. The van der Waals surface area contributed by atoms with Crippen molar-refractivity contribution in [3.8, 4) is 5.75 Å². The number of carboxylic acid groups (broad SMARTS) is 1. The number of carbonyl (C=O) groups is 1. The van der Waals surface area contributed by atoms with E-state index in [0.29, 0.717) is 10.2 Å². The molecule has 19 heavy (non-hydrogen) atoms. The van der Waals surface area contributed by atoms with Crippen LogP contribution in [0.2, 0.25) is 0 Å². The number of sulfone groups is 1. The third-order valence-corrected chi connectivity index (χ3v) is 5.39. The molecule has 0 fully saturated rings. The quantitative estimate of drug-likeness (QED) is 0.851. The van der Waals surface area contributed by atoms with Crippen LogP contribution < -0.4 is 4.74 Å². The van der Waals surface area contributed by atoms with Crippen molar-refractivity contribution in [3.05, 3.63) is 28.2 Å². The molecule has 0 radical (unpaired) electrons. The zero-order chi connectivity index (χ0) is 14.6. The minimum Gasteiger partial charge on any atom is -0.493 e. The van der Waals surface area contributed by atoms with Crippen molar-refractivity contribution in [1.29, 1.82) is 0 Å². The SMILES string of the molecule is CC(C)S(=O)(=O)CCOc1ccc(Br)c(C(=O)O)c1. The normalized spacial score (nSPS) is 11.6. The first kappa shape index (κ1) is 16.0. The Kier molecular flexibility index (Phi) is 5.37. The first-order chi connectivity index (χ1) is 8.74. The van der Waals surface area contributed by atoms with Crippen molar-refractivity contribution in [1.82, 2.24) is 0 Å². The van der Waals surface area contributed by atoms with Crippen molar-refractivity contribution < 1.29 is 23.1 Å². The Morgan fingerprint density at radius 3 is 2.58 bits per heavy atom. The van der Waals surface area contributed by atoms with Crippen LogP contribution in [0.4, 0.5) is 0 Å². The molecule has 0 spiro atoms. The lowest BCUT2D eigenvalue weighted by Gasteiger charge is -2.10. The molecule has 0 aliphatic heterocycles. The van der Waals surface area contributed by atoms with Crippen molar-refractivity contribution in [2.24, 2.45) is 0 Å². The summed E-state index contributed by atoms with van der Waals surface area (Å²) in [6.07, 6.45) is 0. The lowest BCUT2D eigenvalue weighted by Crippen LogP contribution is -2.22. The van der Waals surface area contributed by atoms with Gasteiger partial charge in [0.05, 0.1) is 16.6 Å². The van der Waals surface area contributed by atoms with E-state index in [1.807, 2.05) is 0 Å². The molecule has 0 unspecified atom stereocenters. The summed E-state index contributed by atoms with van der Waals surface area (Å²) in [6, 6.07) is 4.49. The van der Waals surface area contributed by atoms with Crippen LogP contribution in [0.3, 0.4) is 0 Å². The van der Waals surface area contributed by atoms with Crippen molar-refractivity contribution >= 4 is 31.7 Å². The number of ether oxygens (including phenoxy) is 1. The predicted molar refractivity (Wildman–Crippen MR) is 75.5 cm³/mol. The number of benzene rings is 1. The Balaban J connectivity index is 2.70. The maximum Gasteiger partial charge on any atom is 0.336 e. The van der Waals surface area contributed by atoms with Crippen LogP contribution in [-0.4, -0.2) is 37.1 Å². The lowest BCUT2D eigenvalue weighted by molar-refractivity contribution is 0.0695. The third kappa shape index (κ3) is 4.50. The molecule has 1 N–H and O–H groups in total. The molecule has 0 heterocycles. The van der Waals surface area contributed by atoms with E-state index in [9.17, 15) is 13.2 Å². The summed E-state index contributed by atoms with van der Waals surface area (Å²) in [5, 5.41) is 8.49. The van der Waals surface area contributed by atoms with Gasteiger partial charge in [-0.05, 0) is 48.0 Å². The van der Waals surface area contributed by atoms with Gasteiger partial charge in [0.25, 0.3) is 0 Å². The first-order valence-corrected chi connectivity index (χ1v) is 8.12. The monoisotopic (exact) mass is 350 g/mol. The first-order valence-electron chi connectivity index (χ1n) is 5.61. The molecule has 1 rings (SSSR count). The second-order valence-electron chi connectivity index (χ2n) is 4.21. The van der Waals surface area contributed by atoms with Crippen LogP contribution in [0.1, 0.15) is 24.2 Å². The fraction of sp³-hybridized carbons (Fsp3) is 0.417. The van der Waals surface area contributed by atoms with E-state index in [-0.39, 0.29) is 17.9 Å². The Morgan fingerprint density at radius 2 is 2.05 bits per heavy atom. The van der Waals surface area contributed by atoms with Gasteiger partial charge in [0.2, 0.25) is 0 Å². The van der Waals surface area contributed by atoms with Crippen LogP contribution in [0.5, 0.6) is 5.75 Å². The maximum absolute atomic E-state index is 11.6. The van der Waals surface area contributed by atoms with E-state index < -0.39 is 21.1 Å². The minimum absolute atomic E-state index is 0.00120. The van der Waals surface area contributed by atoms with E-state index >= 15 is 0 Å². The number of carboxylic acids is 1. The Bertz CT molecular complexity index is 565. The van der Waals surface area contributed by atoms with Gasteiger partial charge >= 0.3 is 5.97 Å². The summed E-state index contributed by atoms with van der Waals surface area (Å²) in [5.74, 6) is -0.838. The molecule has 5 nitrogen and oxygen atoms in total. The molecular weight excluding hydrogens is 336 g/mol. The Hall–Kier alpha value is -1.08. The molecule has 0 aliphatic carbocycles. The van der Waals surface area contributed by atoms with E-state index in [2.05, 4.69) is 15.9 Å². The minimum atomic E-state index is -3.15. The highest BCUT2D eigenvalue weighted by Gasteiger charge is 2.16. The van der Waals surface area contributed by atoms with E-state index in [4.69, 9.17) is 9.84 Å². The smallest absolute Gasteiger partial charge is 0.336 e. The van der Waals surface area contributed by atoms with E-state index in [1.165, 1.54) is 6.07 Å². The fourth-order valence-corrected chi connectivity index (χ4v) is 2.47. The summed E-state index contributed by atoms with van der Waals surface area (Å²) < 4.78 is 28.9. The summed E-state index contributed by atoms with van der Waals surface area (Å²) in [6.45, 7) is 3.22. The molecule has 0 saturated heterocycles. The van der Waals surface area contributed by atoms with E-state index in [0.717, 1.165) is 0 Å². The lowest BCUT2D eigenvalue weighted by atomic mass is 10.2. The molecule has 1 aromatic carbocycles. The molecule has 0 aromatic heterocycles. The van der Waals surface area contributed by atoms with Crippen LogP contribution >= 0.6 is 15.9 Å². The van der Waals surface area contributed by atoms with Gasteiger partial charge in [0.1, 0.15) is 12.4 Å². The molecule has 7 heteroatoms. The van der Waals surface area contributed by atoms with Gasteiger partial charge in [-0.1, -0.05) is 0 Å². The number of aromatic carboxylic acids is 1. The molecule has 106 valence electrons. The second-order valence-corrected chi connectivity index (χ2v) is 7.74. The van der Waals surface area contributed by atoms with E-state index in [1.54, 1.807) is 26.0 Å². The zero-order valence-corrected chi connectivity index (χ0v) is 13.0. The largest absolute Gasteiger partial charge is 0.493 e. The van der Waals surface area contributed by atoms with Gasteiger partial charge in [-0.15, -0.1) is 0 Å². The average molecular weight is 351 g/mol. The molecule has 0 amide bonds. The van der Waals surface area contributed by atoms with Crippen LogP contribution in [0.25, 0.3) is 0 Å². The maximum atomic E-state index is 11.6. The highest BCUT2D eigenvalue weighted by molar-refractivity contribution is 9.10. The summed E-state index contributed by atoms with van der Waals surface area (Å²) in [5.41, 5.74) is 0.0733. The summed E-state index contributed by atoms with van der Waals surface area (Å²) in [4.78, 5) is 10.9. The van der Waals surface area contributed by atoms with Gasteiger partial charge in [-0.25, -0.2) is 13.2 Å². The average Bonchev–Trinajstić information content (AvgIpc) is 2.30. The molecular formula is C12H15BrO5S. The fourth-order valence-electron chi connectivity index (χ4n) is 1.27. The molecule has 0 saturated carbocycles. The number of halogens is 1. The van der Waals surface area contributed by atoms with Gasteiger partial charge < -0.3 is 9.84 Å². The van der Waals surface area contributed by atoms with Crippen molar-refractivity contribution in [3.63, 3.8) is 0 Å². The molecule has 0 bridgehead atoms. The van der Waals surface area contributed by atoms with Crippen LogP contribution in [-0.2, 0) is 9.84 Å². The van der Waals surface area contributed by atoms with Gasteiger partial charge in [0, 0.05) is 4.47 Å². The highest BCUT2D eigenvalue weighted by Crippen LogP contribution is 2.22. The zero-order valence-electron chi connectivity index (χ0n) is 10.6. The van der Waals surface area contributed by atoms with Gasteiger partial charge in [-0.2, -0.15) is 0 Å². The van der Waals surface area contributed by atoms with Crippen molar-refractivity contribution in [2.45, 2.75) is 19.1 Å². The van der Waals surface area contributed by atoms with Gasteiger partial charge in [-0.3, -0.25) is 0 Å². The standard InChI is InChI=1S/C12H15BrO5S/c1-8(2)19(16,17)6-5-18-9-3-4-11(13)10(7-9)12(14)15/h3-4,7-8H,5-6H2,1-2H3,(H,14,15). The van der Waals surface area contributed by atoms with Crippen molar-refractivity contribution in [2.75, 3.05) is 12.4 Å². The second kappa shape index (κ2) is 6.38. The summed E-state index contributed by atoms with van der Waals surface area (Å²) >= 11 is 3.12. The summed E-state index contributed by atoms with van der Waals surface area (Å²) in [7, 11) is -3.15. The van der Waals surface area contributed by atoms with Gasteiger partial charge in [0.15, 0.2) is 9.84 Å². The number of hydrogen-bond donors (Lipinski definition) is 1. The molecule has 1 aromatic rings. The number of rotatable bonds is 6. The Labute approximate surface area is 120 Å². The molecule has 0 aliphatic rings. The van der Waals surface area contributed by atoms with Crippen LogP contribution in [0.15, 0.2) is 22.7 Å².